The molecule has 2 fully saturated rings. The second kappa shape index (κ2) is 10.0. The zero-order valence-electron chi connectivity index (χ0n) is 17.0. The minimum Gasteiger partial charge on any atom is -0.493 e. The Morgan fingerprint density at radius 3 is 2.87 bits per heavy atom. The number of carbonyl (C=O) groups is 1. The van der Waals surface area contributed by atoms with Crippen molar-refractivity contribution in [3.8, 4) is 11.5 Å². The minimum absolute atomic E-state index is 0.0662. The minimum atomic E-state index is -0.0801. The first-order chi connectivity index (χ1) is 15.0. The average Bonchev–Trinajstić information content (AvgIpc) is 3.38. The molecule has 0 aromatic heterocycles. The van der Waals surface area contributed by atoms with Gasteiger partial charge >= 0.3 is 0 Å². The van der Waals surface area contributed by atoms with Crippen LogP contribution in [0.25, 0.3) is 6.08 Å². The number of amides is 1. The summed E-state index contributed by atoms with van der Waals surface area (Å²) in [6, 6.07) is 13.1. The Hall–Kier alpha value is -2.06. The summed E-state index contributed by atoms with van der Waals surface area (Å²) in [6.07, 6.45) is 3.88. The van der Waals surface area contributed by atoms with Gasteiger partial charge in [0.25, 0.3) is 5.91 Å². The lowest BCUT2D eigenvalue weighted by molar-refractivity contribution is -0.123. The molecule has 2 aromatic rings. The van der Waals surface area contributed by atoms with Crippen LogP contribution in [0, 0.1) is 0 Å². The maximum Gasteiger partial charge on any atom is 0.266 e. The van der Waals surface area contributed by atoms with Crippen molar-refractivity contribution >= 4 is 51.9 Å². The first-order valence-electron chi connectivity index (χ1n) is 9.96. The predicted octanol–water partition coefficient (Wildman–Crippen LogP) is 5.31. The Kier molecular flexibility index (Phi) is 7.17. The summed E-state index contributed by atoms with van der Waals surface area (Å²) in [7, 11) is 1.59. The van der Waals surface area contributed by atoms with Gasteiger partial charge in [0.1, 0.15) is 10.9 Å². The van der Waals surface area contributed by atoms with Crippen molar-refractivity contribution in [1.82, 2.24) is 4.90 Å². The van der Waals surface area contributed by atoms with Crippen molar-refractivity contribution in [3.05, 3.63) is 63.5 Å². The van der Waals surface area contributed by atoms with E-state index in [4.69, 9.17) is 38.0 Å². The van der Waals surface area contributed by atoms with Crippen molar-refractivity contribution in [3.63, 3.8) is 0 Å². The number of thiocarbonyl (C=S) groups is 1. The molecule has 0 aliphatic carbocycles. The molecule has 8 heteroatoms. The second-order valence-electron chi connectivity index (χ2n) is 7.22. The highest BCUT2D eigenvalue weighted by Crippen LogP contribution is 2.35. The summed E-state index contributed by atoms with van der Waals surface area (Å²) < 4.78 is 17.6. The molecule has 0 bridgehead atoms. The molecule has 0 saturated carbocycles. The molecular weight excluding hydrogens is 454 g/mol. The lowest BCUT2D eigenvalue weighted by Crippen LogP contribution is -2.35. The Balaban J connectivity index is 1.47. The van der Waals surface area contributed by atoms with Gasteiger partial charge in [-0.2, -0.15) is 0 Å². The molecule has 0 spiro atoms. The molecule has 1 amide bonds. The van der Waals surface area contributed by atoms with Gasteiger partial charge in [0, 0.05) is 17.2 Å². The molecule has 162 valence electrons. The van der Waals surface area contributed by atoms with Crippen LogP contribution in [0.5, 0.6) is 11.5 Å². The average molecular weight is 476 g/mol. The zero-order chi connectivity index (χ0) is 21.8. The number of hydrogen-bond donors (Lipinski definition) is 0. The molecule has 5 nitrogen and oxygen atoms in total. The molecular formula is C23H22ClNO4S2. The number of hydrogen-bond acceptors (Lipinski definition) is 6. The summed E-state index contributed by atoms with van der Waals surface area (Å²) in [5, 5.41) is 0.656. The molecule has 0 N–H and O–H groups in total. The van der Waals surface area contributed by atoms with Gasteiger partial charge in [-0.3, -0.25) is 9.69 Å². The molecule has 0 unspecified atom stereocenters. The number of carbonyl (C=O) groups excluding carboxylic acids is 1. The Labute approximate surface area is 196 Å². The van der Waals surface area contributed by atoms with E-state index >= 15 is 0 Å². The number of thioether (sulfide) groups is 1. The van der Waals surface area contributed by atoms with E-state index in [1.165, 1.54) is 11.8 Å². The summed E-state index contributed by atoms with van der Waals surface area (Å²) in [4.78, 5) is 15.1. The van der Waals surface area contributed by atoms with Gasteiger partial charge in [-0.15, -0.1) is 0 Å². The van der Waals surface area contributed by atoms with E-state index in [0.29, 0.717) is 38.9 Å². The molecule has 1 atom stereocenters. The predicted molar refractivity (Wildman–Crippen MR) is 128 cm³/mol. The number of ether oxygens (including phenoxy) is 3. The Bertz CT molecular complexity index is 1020. The van der Waals surface area contributed by atoms with E-state index in [-0.39, 0.29) is 12.0 Å². The monoisotopic (exact) mass is 475 g/mol. The summed E-state index contributed by atoms with van der Waals surface area (Å²) in [5.74, 6) is 1.10. The van der Waals surface area contributed by atoms with Crippen LogP contribution in [0.15, 0.2) is 47.4 Å². The first kappa shape index (κ1) is 22.1. The highest BCUT2D eigenvalue weighted by molar-refractivity contribution is 8.26. The fourth-order valence-electron chi connectivity index (χ4n) is 3.46. The molecule has 0 radical (unpaired) electrons. The molecule has 2 aliphatic rings. The Morgan fingerprint density at radius 2 is 2.13 bits per heavy atom. The fraction of sp³-hybridized carbons (Fsp3) is 0.304. The highest BCUT2D eigenvalue weighted by atomic mass is 35.5. The molecule has 31 heavy (non-hydrogen) atoms. The third-order valence-corrected chi connectivity index (χ3v) is 6.86. The number of halogens is 1. The highest BCUT2D eigenvalue weighted by Gasteiger charge is 2.34. The van der Waals surface area contributed by atoms with Crippen LogP contribution in [0.3, 0.4) is 0 Å². The van der Waals surface area contributed by atoms with E-state index in [0.717, 1.165) is 30.6 Å². The van der Waals surface area contributed by atoms with Crippen molar-refractivity contribution in [1.29, 1.82) is 0 Å². The van der Waals surface area contributed by atoms with Crippen LogP contribution in [0.2, 0.25) is 5.02 Å². The normalized spacial score (nSPS) is 20.0. The van der Waals surface area contributed by atoms with Crippen LogP contribution in [0.4, 0.5) is 0 Å². The van der Waals surface area contributed by atoms with E-state index in [1.54, 1.807) is 12.0 Å². The van der Waals surface area contributed by atoms with Crippen LogP contribution in [-0.2, 0) is 16.1 Å². The molecule has 2 aliphatic heterocycles. The van der Waals surface area contributed by atoms with Gasteiger partial charge < -0.3 is 14.2 Å². The number of rotatable bonds is 7. The van der Waals surface area contributed by atoms with E-state index in [1.807, 2.05) is 48.5 Å². The summed E-state index contributed by atoms with van der Waals surface area (Å²) in [6.45, 7) is 1.59. The van der Waals surface area contributed by atoms with Crippen LogP contribution in [-0.4, -0.2) is 41.5 Å². The number of methoxy groups -OCH3 is 1. The van der Waals surface area contributed by atoms with E-state index < -0.39 is 0 Å². The third-order valence-electron chi connectivity index (χ3n) is 5.11. The van der Waals surface area contributed by atoms with Crippen molar-refractivity contribution < 1.29 is 19.0 Å². The van der Waals surface area contributed by atoms with Crippen molar-refractivity contribution in [2.75, 3.05) is 20.3 Å². The van der Waals surface area contributed by atoms with Crippen LogP contribution >= 0.6 is 35.6 Å². The van der Waals surface area contributed by atoms with Gasteiger partial charge in [-0.1, -0.05) is 59.8 Å². The molecule has 2 saturated heterocycles. The first-order valence-corrected chi connectivity index (χ1v) is 11.6. The summed E-state index contributed by atoms with van der Waals surface area (Å²) in [5.41, 5.74) is 1.73. The summed E-state index contributed by atoms with van der Waals surface area (Å²) >= 11 is 12.9. The second-order valence-corrected chi connectivity index (χ2v) is 9.30. The fourth-order valence-corrected chi connectivity index (χ4v) is 4.93. The maximum absolute atomic E-state index is 12.8. The van der Waals surface area contributed by atoms with Gasteiger partial charge in [0.2, 0.25) is 0 Å². The van der Waals surface area contributed by atoms with Crippen molar-refractivity contribution in [2.24, 2.45) is 0 Å². The lowest BCUT2D eigenvalue weighted by atomic mass is 10.1. The zero-order valence-corrected chi connectivity index (χ0v) is 19.4. The standard InChI is InChI=1S/C23H22ClNO4S2/c1-27-20-11-15(8-9-19(20)29-14-16-5-2-3-7-18(16)24)12-21-22(26)25(23(30)31-21)13-17-6-4-10-28-17/h2-3,5,7-9,11-12,17H,4,6,10,13-14H2,1H3/b21-12-/t17-/m0/s1. The van der Waals surface area contributed by atoms with Crippen LogP contribution in [0.1, 0.15) is 24.0 Å². The quantitative estimate of drug-likeness (QED) is 0.399. The third kappa shape index (κ3) is 5.23. The maximum atomic E-state index is 12.8. The van der Waals surface area contributed by atoms with Gasteiger partial charge in [0.05, 0.1) is 24.7 Å². The topological polar surface area (TPSA) is 48.0 Å². The number of benzene rings is 2. The van der Waals surface area contributed by atoms with Crippen molar-refractivity contribution in [2.45, 2.75) is 25.6 Å². The van der Waals surface area contributed by atoms with Gasteiger partial charge in [-0.05, 0) is 42.7 Å². The van der Waals surface area contributed by atoms with Gasteiger partial charge in [0.15, 0.2) is 11.5 Å². The SMILES string of the molecule is COc1cc(/C=C2\SC(=S)N(C[C@@H]3CCCO3)C2=O)ccc1OCc1ccccc1Cl. The van der Waals surface area contributed by atoms with Gasteiger partial charge in [-0.25, -0.2) is 0 Å². The number of nitrogens with zero attached hydrogens (tertiary/aromatic N) is 1. The lowest BCUT2D eigenvalue weighted by Gasteiger charge is -2.18. The smallest absolute Gasteiger partial charge is 0.266 e. The largest absolute Gasteiger partial charge is 0.493 e. The molecule has 4 rings (SSSR count). The molecule has 2 aromatic carbocycles. The molecule has 2 heterocycles. The Morgan fingerprint density at radius 1 is 1.29 bits per heavy atom. The van der Waals surface area contributed by atoms with Crippen LogP contribution < -0.4 is 9.47 Å². The van der Waals surface area contributed by atoms with E-state index in [9.17, 15) is 4.79 Å². The van der Waals surface area contributed by atoms with E-state index in [2.05, 4.69) is 0 Å².